The molecule has 3 heteroatoms. The predicted molar refractivity (Wildman–Crippen MR) is 64.0 cm³/mol. The summed E-state index contributed by atoms with van der Waals surface area (Å²) < 4.78 is 0. The van der Waals surface area contributed by atoms with Gasteiger partial charge in [0.2, 0.25) is 0 Å². The molecule has 2 heterocycles. The van der Waals surface area contributed by atoms with Crippen LogP contribution in [0.3, 0.4) is 0 Å². The van der Waals surface area contributed by atoms with E-state index in [1.165, 1.54) is 64.2 Å². The van der Waals surface area contributed by atoms with Crippen LogP contribution >= 0.6 is 11.8 Å². The van der Waals surface area contributed by atoms with E-state index in [1.54, 1.807) is 0 Å². The molecular weight excluding hydrogens is 192 g/mol. The Labute approximate surface area is 91.8 Å². The summed E-state index contributed by atoms with van der Waals surface area (Å²) in [6, 6.07) is 0. The summed E-state index contributed by atoms with van der Waals surface area (Å²) in [5.41, 5.74) is 0. The first-order valence-electron chi connectivity index (χ1n) is 6.00. The van der Waals surface area contributed by atoms with E-state index >= 15 is 0 Å². The van der Waals surface area contributed by atoms with Gasteiger partial charge in [0.05, 0.1) is 0 Å². The molecule has 0 aromatic rings. The summed E-state index contributed by atoms with van der Waals surface area (Å²) in [6.07, 6.45) is 5.69. The highest BCUT2D eigenvalue weighted by Crippen LogP contribution is 2.25. The maximum Gasteiger partial charge on any atom is 0.0175 e. The fourth-order valence-electron chi connectivity index (χ4n) is 2.32. The predicted octanol–water partition coefficient (Wildman–Crippen LogP) is 1.57. The van der Waals surface area contributed by atoms with Crippen LogP contribution in [0.5, 0.6) is 0 Å². The molecule has 0 saturated carbocycles. The molecule has 1 N–H and O–H groups in total. The molecule has 2 fully saturated rings. The molecule has 0 aromatic carbocycles. The van der Waals surface area contributed by atoms with Gasteiger partial charge in [-0.05, 0) is 38.1 Å². The van der Waals surface area contributed by atoms with Crippen LogP contribution in [0.1, 0.15) is 25.7 Å². The minimum absolute atomic E-state index is 0.932. The van der Waals surface area contributed by atoms with Crippen molar-refractivity contribution in [1.82, 2.24) is 10.2 Å². The van der Waals surface area contributed by atoms with Crippen molar-refractivity contribution in [2.75, 3.05) is 38.5 Å². The Bertz CT molecular complexity index is 149. The zero-order valence-corrected chi connectivity index (χ0v) is 9.82. The van der Waals surface area contributed by atoms with Crippen molar-refractivity contribution >= 4 is 11.8 Å². The maximum absolute atomic E-state index is 3.47. The number of thioether (sulfide) groups is 1. The van der Waals surface area contributed by atoms with E-state index in [4.69, 9.17) is 0 Å². The number of nitrogens with one attached hydrogen (secondary N) is 1. The van der Waals surface area contributed by atoms with Gasteiger partial charge in [-0.25, -0.2) is 0 Å². The summed E-state index contributed by atoms with van der Waals surface area (Å²) in [5.74, 6) is 1.40. The largest absolute Gasteiger partial charge is 0.315 e. The van der Waals surface area contributed by atoms with Gasteiger partial charge in [0.1, 0.15) is 0 Å². The van der Waals surface area contributed by atoms with E-state index in [1.807, 2.05) is 0 Å². The van der Waals surface area contributed by atoms with E-state index in [9.17, 15) is 0 Å². The van der Waals surface area contributed by atoms with Gasteiger partial charge in [-0.2, -0.15) is 11.8 Å². The molecule has 0 radical (unpaired) electrons. The van der Waals surface area contributed by atoms with Crippen LogP contribution in [-0.4, -0.2) is 48.6 Å². The highest BCUT2D eigenvalue weighted by molar-refractivity contribution is 7.99. The van der Waals surface area contributed by atoms with Gasteiger partial charge in [-0.1, -0.05) is 6.42 Å². The third-order valence-corrected chi connectivity index (χ3v) is 4.55. The second kappa shape index (κ2) is 5.99. The number of hydrogen-bond donors (Lipinski definition) is 1. The lowest BCUT2D eigenvalue weighted by Gasteiger charge is -2.28. The molecule has 0 amide bonds. The Morgan fingerprint density at radius 1 is 1.14 bits per heavy atom. The van der Waals surface area contributed by atoms with Gasteiger partial charge in [-0.15, -0.1) is 0 Å². The van der Waals surface area contributed by atoms with Crippen LogP contribution in [-0.2, 0) is 0 Å². The highest BCUT2D eigenvalue weighted by atomic mass is 32.2. The first-order chi connectivity index (χ1) is 6.95. The first kappa shape index (κ1) is 10.8. The molecule has 2 rings (SSSR count). The van der Waals surface area contributed by atoms with E-state index in [0.717, 1.165) is 5.25 Å². The highest BCUT2D eigenvalue weighted by Gasteiger charge is 2.18. The molecule has 14 heavy (non-hydrogen) atoms. The van der Waals surface area contributed by atoms with Crippen LogP contribution in [0, 0.1) is 0 Å². The lowest BCUT2D eigenvalue weighted by molar-refractivity contribution is 0.288. The summed E-state index contributed by atoms with van der Waals surface area (Å²) in [5, 5.41) is 4.40. The lowest BCUT2D eigenvalue weighted by atomic mass is 10.2. The standard InChI is InChI=1S/C11H22N2S/c1-2-9-14-11(4-1)10-13-7-3-5-12-6-8-13/h11-12H,1-10H2. The average molecular weight is 214 g/mol. The van der Waals surface area contributed by atoms with E-state index in [2.05, 4.69) is 22.0 Å². The van der Waals surface area contributed by atoms with Gasteiger partial charge in [0, 0.05) is 24.9 Å². The summed E-state index contributed by atoms with van der Waals surface area (Å²) in [6.45, 7) is 6.32. The van der Waals surface area contributed by atoms with E-state index in [-0.39, 0.29) is 0 Å². The Hall–Kier alpha value is 0.270. The van der Waals surface area contributed by atoms with Gasteiger partial charge < -0.3 is 10.2 Å². The zero-order valence-electron chi connectivity index (χ0n) is 9.00. The summed E-state index contributed by atoms with van der Waals surface area (Å²) in [7, 11) is 0. The Balaban J connectivity index is 1.71. The maximum atomic E-state index is 3.47. The molecule has 0 spiro atoms. The molecule has 82 valence electrons. The molecule has 2 aliphatic rings. The molecule has 2 saturated heterocycles. The number of hydrogen-bond acceptors (Lipinski definition) is 3. The van der Waals surface area contributed by atoms with Gasteiger partial charge >= 0.3 is 0 Å². The fraction of sp³-hybridized carbons (Fsp3) is 1.00. The van der Waals surface area contributed by atoms with E-state index in [0.29, 0.717) is 0 Å². The zero-order chi connectivity index (χ0) is 9.64. The third-order valence-electron chi connectivity index (χ3n) is 3.17. The second-order valence-electron chi connectivity index (χ2n) is 4.39. The van der Waals surface area contributed by atoms with Crippen LogP contribution in [0.25, 0.3) is 0 Å². The van der Waals surface area contributed by atoms with Crippen molar-refractivity contribution in [2.45, 2.75) is 30.9 Å². The Kier molecular flexibility index (Phi) is 4.61. The smallest absolute Gasteiger partial charge is 0.0175 e. The van der Waals surface area contributed by atoms with Crippen molar-refractivity contribution in [3.63, 3.8) is 0 Å². The Morgan fingerprint density at radius 3 is 3.00 bits per heavy atom. The van der Waals surface area contributed by atoms with Crippen LogP contribution in [0.4, 0.5) is 0 Å². The van der Waals surface area contributed by atoms with Gasteiger partial charge in [-0.3, -0.25) is 0 Å². The SMILES string of the molecule is C1CCC(CN2CCCNCC2)SC1. The monoisotopic (exact) mass is 214 g/mol. The third kappa shape index (κ3) is 3.44. The van der Waals surface area contributed by atoms with Crippen molar-refractivity contribution in [3.8, 4) is 0 Å². The molecule has 1 atom stereocenters. The van der Waals surface area contributed by atoms with E-state index < -0.39 is 0 Å². The number of rotatable bonds is 2. The van der Waals surface area contributed by atoms with Crippen LogP contribution < -0.4 is 5.32 Å². The summed E-state index contributed by atoms with van der Waals surface area (Å²) in [4.78, 5) is 2.66. The molecule has 0 aliphatic carbocycles. The molecule has 0 bridgehead atoms. The fourth-order valence-corrected chi connectivity index (χ4v) is 3.68. The lowest BCUT2D eigenvalue weighted by Crippen LogP contribution is -2.34. The van der Waals surface area contributed by atoms with Gasteiger partial charge in [0.25, 0.3) is 0 Å². The second-order valence-corrected chi connectivity index (χ2v) is 5.80. The minimum atomic E-state index is 0.932. The van der Waals surface area contributed by atoms with Gasteiger partial charge in [0.15, 0.2) is 0 Å². The molecule has 2 nitrogen and oxygen atoms in total. The van der Waals surface area contributed by atoms with Crippen LogP contribution in [0.15, 0.2) is 0 Å². The molecule has 1 unspecified atom stereocenters. The van der Waals surface area contributed by atoms with Crippen molar-refractivity contribution in [2.24, 2.45) is 0 Å². The average Bonchev–Trinajstić information content (AvgIpc) is 2.48. The topological polar surface area (TPSA) is 15.3 Å². The summed E-state index contributed by atoms with van der Waals surface area (Å²) >= 11 is 2.20. The Morgan fingerprint density at radius 2 is 2.14 bits per heavy atom. The first-order valence-corrected chi connectivity index (χ1v) is 7.05. The number of nitrogens with zero attached hydrogens (tertiary/aromatic N) is 1. The minimum Gasteiger partial charge on any atom is -0.315 e. The van der Waals surface area contributed by atoms with Crippen molar-refractivity contribution in [1.29, 1.82) is 0 Å². The normalized spacial score (nSPS) is 31.3. The van der Waals surface area contributed by atoms with Crippen molar-refractivity contribution in [3.05, 3.63) is 0 Å². The molecule has 0 aromatic heterocycles. The van der Waals surface area contributed by atoms with Crippen molar-refractivity contribution < 1.29 is 0 Å². The molecular formula is C11H22N2S. The molecule has 2 aliphatic heterocycles. The quantitative estimate of drug-likeness (QED) is 0.751. The van der Waals surface area contributed by atoms with Crippen LogP contribution in [0.2, 0.25) is 0 Å².